The van der Waals surface area contributed by atoms with Gasteiger partial charge in [0, 0.05) is 20.5 Å². The van der Waals surface area contributed by atoms with Gasteiger partial charge in [0.2, 0.25) is 10.0 Å². The van der Waals surface area contributed by atoms with Gasteiger partial charge in [-0.3, -0.25) is 9.59 Å². The molecule has 29 heavy (non-hydrogen) atoms. The van der Waals surface area contributed by atoms with Crippen LogP contribution >= 0.6 is 0 Å². The Labute approximate surface area is 171 Å². The van der Waals surface area contributed by atoms with Crippen molar-refractivity contribution in [2.24, 2.45) is 17.8 Å². The van der Waals surface area contributed by atoms with E-state index in [0.29, 0.717) is 24.0 Å². The highest BCUT2D eigenvalue weighted by Gasteiger charge is 2.40. The van der Waals surface area contributed by atoms with Crippen molar-refractivity contribution in [1.29, 1.82) is 0 Å². The Balaban J connectivity index is 1.57. The summed E-state index contributed by atoms with van der Waals surface area (Å²) in [6, 6.07) is 4.19. The molecule has 1 aromatic rings. The fraction of sp³-hybridized carbons (Fsp3) is 0.600. The summed E-state index contributed by atoms with van der Waals surface area (Å²) in [6.07, 6.45) is 5.10. The molecule has 0 spiro atoms. The molecule has 1 amide bonds. The lowest BCUT2D eigenvalue weighted by atomic mass is 9.86. The summed E-state index contributed by atoms with van der Waals surface area (Å²) >= 11 is 0. The molecule has 0 heterocycles. The second-order valence-electron chi connectivity index (χ2n) is 8.00. The van der Waals surface area contributed by atoms with Crippen molar-refractivity contribution in [1.82, 2.24) is 4.31 Å². The zero-order valence-corrected chi connectivity index (χ0v) is 17.8. The molecular formula is C20H28N2O6S. The number of carbonyl (C=O) groups excluding carboxylic acids is 2. The van der Waals surface area contributed by atoms with E-state index in [4.69, 9.17) is 9.47 Å². The van der Waals surface area contributed by atoms with Crippen LogP contribution in [0.4, 0.5) is 5.69 Å². The molecule has 2 aliphatic carbocycles. The molecule has 160 valence electrons. The SMILES string of the molecule is COc1ccc(S(=O)(=O)N(C)C)cc1NC(=O)COC(=O)C[C@@H]1C[C@H]2CC[C@@H]1C2. The summed E-state index contributed by atoms with van der Waals surface area (Å²) in [5, 5.41) is 2.56. The minimum atomic E-state index is -3.66. The first-order valence-corrected chi connectivity index (χ1v) is 11.2. The summed E-state index contributed by atoms with van der Waals surface area (Å²) in [6.45, 7) is -0.423. The summed E-state index contributed by atoms with van der Waals surface area (Å²) in [4.78, 5) is 24.4. The highest BCUT2D eigenvalue weighted by molar-refractivity contribution is 7.89. The van der Waals surface area contributed by atoms with E-state index in [1.54, 1.807) is 0 Å². The Bertz CT molecular complexity index is 883. The van der Waals surface area contributed by atoms with E-state index in [2.05, 4.69) is 5.32 Å². The Hall–Kier alpha value is -2.13. The monoisotopic (exact) mass is 424 g/mol. The fourth-order valence-corrected chi connectivity index (χ4v) is 5.32. The van der Waals surface area contributed by atoms with Gasteiger partial charge in [0.25, 0.3) is 5.91 Å². The van der Waals surface area contributed by atoms with Crippen molar-refractivity contribution in [3.8, 4) is 5.75 Å². The van der Waals surface area contributed by atoms with Crippen molar-refractivity contribution in [2.75, 3.05) is 33.1 Å². The van der Waals surface area contributed by atoms with Crippen molar-refractivity contribution in [3.05, 3.63) is 18.2 Å². The zero-order chi connectivity index (χ0) is 21.2. The molecule has 2 aliphatic rings. The number of nitrogens with one attached hydrogen (secondary N) is 1. The lowest BCUT2D eigenvalue weighted by molar-refractivity contribution is -0.148. The van der Waals surface area contributed by atoms with E-state index >= 15 is 0 Å². The molecule has 1 aromatic carbocycles. The molecule has 2 bridgehead atoms. The lowest BCUT2D eigenvalue weighted by Crippen LogP contribution is -2.24. The van der Waals surface area contributed by atoms with Crippen LogP contribution in [0.3, 0.4) is 0 Å². The molecule has 8 nitrogen and oxygen atoms in total. The summed E-state index contributed by atoms with van der Waals surface area (Å²) in [7, 11) is 0.603. The quantitative estimate of drug-likeness (QED) is 0.642. The maximum absolute atomic E-state index is 12.3. The highest BCUT2D eigenvalue weighted by atomic mass is 32.2. The average molecular weight is 425 g/mol. The van der Waals surface area contributed by atoms with Crippen LogP contribution in [0.25, 0.3) is 0 Å². The normalized spacial score (nSPS) is 23.2. The lowest BCUT2D eigenvalue weighted by Gasteiger charge is -2.20. The van der Waals surface area contributed by atoms with Crippen LogP contribution in [0, 0.1) is 17.8 Å². The number of carbonyl (C=O) groups is 2. The number of methoxy groups -OCH3 is 1. The number of esters is 1. The van der Waals surface area contributed by atoms with Gasteiger partial charge < -0.3 is 14.8 Å². The summed E-state index contributed by atoms with van der Waals surface area (Å²) < 4.78 is 36.0. The van der Waals surface area contributed by atoms with E-state index in [1.807, 2.05) is 0 Å². The Morgan fingerprint density at radius 1 is 1.21 bits per heavy atom. The predicted molar refractivity (Wildman–Crippen MR) is 107 cm³/mol. The largest absolute Gasteiger partial charge is 0.495 e. The number of amides is 1. The van der Waals surface area contributed by atoms with Gasteiger partial charge in [-0.2, -0.15) is 0 Å². The average Bonchev–Trinajstić information content (AvgIpc) is 3.29. The number of rotatable bonds is 8. The van der Waals surface area contributed by atoms with Gasteiger partial charge in [-0.05, 0) is 55.2 Å². The number of hydrogen-bond donors (Lipinski definition) is 1. The molecule has 0 aromatic heterocycles. The Morgan fingerprint density at radius 3 is 2.55 bits per heavy atom. The minimum absolute atomic E-state index is 0.0203. The number of benzene rings is 1. The van der Waals surface area contributed by atoms with E-state index in [9.17, 15) is 18.0 Å². The predicted octanol–water partition coefficient (Wildman–Crippen LogP) is 2.25. The van der Waals surface area contributed by atoms with Crippen molar-refractivity contribution >= 4 is 27.6 Å². The number of nitrogens with zero attached hydrogens (tertiary/aromatic N) is 1. The van der Waals surface area contributed by atoms with E-state index in [0.717, 1.165) is 16.6 Å². The number of anilines is 1. The number of fused-ring (bicyclic) bond motifs is 2. The first kappa shape index (κ1) is 21.6. The molecule has 0 radical (unpaired) electrons. The Kier molecular flexibility index (Phi) is 6.48. The van der Waals surface area contributed by atoms with Crippen LogP contribution in [-0.2, 0) is 24.3 Å². The molecule has 3 rings (SSSR count). The van der Waals surface area contributed by atoms with Crippen LogP contribution in [0.1, 0.15) is 32.1 Å². The molecule has 0 saturated heterocycles. The van der Waals surface area contributed by atoms with Gasteiger partial charge in [0.1, 0.15) is 5.75 Å². The van der Waals surface area contributed by atoms with Crippen molar-refractivity contribution in [2.45, 2.75) is 37.0 Å². The number of sulfonamides is 1. The van der Waals surface area contributed by atoms with Crippen LogP contribution < -0.4 is 10.1 Å². The van der Waals surface area contributed by atoms with Gasteiger partial charge in [0.05, 0.1) is 17.7 Å². The topological polar surface area (TPSA) is 102 Å². The van der Waals surface area contributed by atoms with E-state index < -0.39 is 22.5 Å². The molecule has 1 N–H and O–H groups in total. The highest BCUT2D eigenvalue weighted by Crippen LogP contribution is 2.49. The van der Waals surface area contributed by atoms with Crippen LogP contribution in [0.2, 0.25) is 0 Å². The second kappa shape index (κ2) is 8.71. The first-order chi connectivity index (χ1) is 13.7. The van der Waals surface area contributed by atoms with Crippen molar-refractivity contribution in [3.63, 3.8) is 0 Å². The van der Waals surface area contributed by atoms with Crippen molar-refractivity contribution < 1.29 is 27.5 Å². The van der Waals surface area contributed by atoms with Crippen LogP contribution in [0.15, 0.2) is 23.1 Å². The van der Waals surface area contributed by atoms with Gasteiger partial charge in [0.15, 0.2) is 6.61 Å². The molecule has 0 aliphatic heterocycles. The van der Waals surface area contributed by atoms with E-state index in [1.165, 1.54) is 58.7 Å². The number of hydrogen-bond acceptors (Lipinski definition) is 6. The maximum atomic E-state index is 12.3. The minimum Gasteiger partial charge on any atom is -0.495 e. The van der Waals surface area contributed by atoms with Gasteiger partial charge in [-0.15, -0.1) is 0 Å². The molecular weight excluding hydrogens is 396 g/mol. The third-order valence-electron chi connectivity index (χ3n) is 5.90. The molecule has 9 heteroatoms. The maximum Gasteiger partial charge on any atom is 0.306 e. The third-order valence-corrected chi connectivity index (χ3v) is 7.71. The van der Waals surface area contributed by atoms with Gasteiger partial charge in [-0.1, -0.05) is 6.42 Å². The molecule has 2 fully saturated rings. The Morgan fingerprint density at radius 2 is 1.97 bits per heavy atom. The zero-order valence-electron chi connectivity index (χ0n) is 17.0. The molecule has 3 atom stereocenters. The van der Waals surface area contributed by atoms with Crippen LogP contribution in [-0.4, -0.2) is 52.4 Å². The molecule has 0 unspecified atom stereocenters. The summed E-state index contributed by atoms with van der Waals surface area (Å²) in [5.74, 6) is 1.13. The van der Waals surface area contributed by atoms with Gasteiger partial charge >= 0.3 is 5.97 Å². The first-order valence-electron chi connectivity index (χ1n) is 9.76. The second-order valence-corrected chi connectivity index (χ2v) is 10.1. The smallest absolute Gasteiger partial charge is 0.306 e. The summed E-state index contributed by atoms with van der Waals surface area (Å²) in [5.41, 5.74) is 0.199. The fourth-order valence-electron chi connectivity index (χ4n) is 4.39. The van der Waals surface area contributed by atoms with Gasteiger partial charge in [-0.25, -0.2) is 12.7 Å². The standard InChI is InChI=1S/C20H28N2O6S/c1-22(2)29(25,26)16-6-7-18(27-3)17(11-16)21-19(23)12-28-20(24)10-15-9-13-4-5-14(15)8-13/h6-7,11,13-15H,4-5,8-10,12H2,1-3H3,(H,21,23)/t13-,14+,15-/m0/s1. The third kappa shape index (κ3) is 4.90. The molecule has 2 saturated carbocycles. The number of ether oxygens (including phenoxy) is 2. The van der Waals surface area contributed by atoms with E-state index in [-0.39, 0.29) is 16.6 Å². The van der Waals surface area contributed by atoms with Crippen LogP contribution in [0.5, 0.6) is 5.75 Å².